The standard InChI is InChI=1S/C12H21ClN2S2/c1-4-9(14)12(15(2)7-8-16-3)10-5-6-11(13)17-10/h5-6,9,12H,4,7-8,14H2,1-3H3. The lowest BCUT2D eigenvalue weighted by atomic mass is 10.0. The van der Waals surface area contributed by atoms with E-state index in [-0.39, 0.29) is 12.1 Å². The first kappa shape index (κ1) is 15.3. The minimum absolute atomic E-state index is 0.163. The summed E-state index contributed by atoms with van der Waals surface area (Å²) in [4.78, 5) is 3.61. The van der Waals surface area contributed by atoms with Gasteiger partial charge in [-0.2, -0.15) is 11.8 Å². The molecule has 0 bridgehead atoms. The van der Waals surface area contributed by atoms with E-state index in [1.807, 2.05) is 17.8 Å². The van der Waals surface area contributed by atoms with Crippen molar-refractivity contribution < 1.29 is 0 Å². The molecule has 0 spiro atoms. The summed E-state index contributed by atoms with van der Waals surface area (Å²) in [7, 11) is 2.14. The topological polar surface area (TPSA) is 29.3 Å². The molecule has 0 aliphatic carbocycles. The van der Waals surface area contributed by atoms with Crippen molar-refractivity contribution >= 4 is 34.7 Å². The third-order valence-corrected chi connectivity index (χ3v) is 4.78. The summed E-state index contributed by atoms with van der Waals surface area (Å²) >= 11 is 9.52. The van der Waals surface area contributed by atoms with Crippen molar-refractivity contribution in [3.63, 3.8) is 0 Å². The number of likely N-dealkylation sites (N-methyl/N-ethyl adjacent to an activating group) is 1. The number of halogens is 1. The molecule has 1 heterocycles. The SMILES string of the molecule is CCC(N)C(c1ccc(Cl)s1)N(C)CCSC. The summed E-state index contributed by atoms with van der Waals surface area (Å²) in [6.45, 7) is 3.18. The van der Waals surface area contributed by atoms with Gasteiger partial charge >= 0.3 is 0 Å². The van der Waals surface area contributed by atoms with Gasteiger partial charge in [0.15, 0.2) is 0 Å². The summed E-state index contributed by atoms with van der Waals surface area (Å²) in [5.74, 6) is 1.13. The average molecular weight is 293 g/mol. The summed E-state index contributed by atoms with van der Waals surface area (Å²) in [5, 5.41) is 0. The monoisotopic (exact) mass is 292 g/mol. The molecule has 0 aliphatic rings. The number of hydrogen-bond donors (Lipinski definition) is 1. The van der Waals surface area contributed by atoms with Crippen LogP contribution < -0.4 is 5.73 Å². The highest BCUT2D eigenvalue weighted by Crippen LogP contribution is 2.32. The van der Waals surface area contributed by atoms with Crippen LogP contribution in [0.15, 0.2) is 12.1 Å². The Hall–Kier alpha value is 0.260. The molecular weight excluding hydrogens is 272 g/mol. The third-order valence-electron chi connectivity index (χ3n) is 2.89. The first-order valence-electron chi connectivity index (χ1n) is 5.80. The molecule has 0 aliphatic heterocycles. The van der Waals surface area contributed by atoms with E-state index in [0.29, 0.717) is 0 Å². The lowest BCUT2D eigenvalue weighted by Crippen LogP contribution is -2.39. The van der Waals surface area contributed by atoms with Crippen molar-refractivity contribution in [1.29, 1.82) is 0 Å². The summed E-state index contributed by atoms with van der Waals surface area (Å²) in [6, 6.07) is 4.50. The number of rotatable bonds is 7. The molecule has 0 aromatic carbocycles. The van der Waals surface area contributed by atoms with Crippen LogP contribution in [0.5, 0.6) is 0 Å². The van der Waals surface area contributed by atoms with Gasteiger partial charge in [-0.3, -0.25) is 4.90 Å². The van der Waals surface area contributed by atoms with E-state index in [1.165, 1.54) is 4.88 Å². The van der Waals surface area contributed by atoms with Crippen molar-refractivity contribution in [2.24, 2.45) is 5.73 Å². The average Bonchev–Trinajstić information content (AvgIpc) is 2.73. The molecule has 2 nitrogen and oxygen atoms in total. The van der Waals surface area contributed by atoms with Crippen LogP contribution in [0.25, 0.3) is 0 Å². The quantitative estimate of drug-likeness (QED) is 0.834. The number of nitrogens with zero attached hydrogens (tertiary/aromatic N) is 1. The predicted octanol–water partition coefficient (Wildman–Crippen LogP) is 3.47. The predicted molar refractivity (Wildman–Crippen MR) is 81.3 cm³/mol. The maximum Gasteiger partial charge on any atom is 0.0931 e. The smallest absolute Gasteiger partial charge is 0.0931 e. The van der Waals surface area contributed by atoms with Gasteiger partial charge < -0.3 is 5.73 Å². The van der Waals surface area contributed by atoms with E-state index < -0.39 is 0 Å². The van der Waals surface area contributed by atoms with Crippen molar-refractivity contribution in [1.82, 2.24) is 4.90 Å². The molecular formula is C12H21ClN2S2. The Kier molecular flexibility index (Phi) is 6.89. The molecule has 0 saturated carbocycles. The molecule has 0 amide bonds. The Morgan fingerprint density at radius 2 is 2.24 bits per heavy atom. The first-order chi connectivity index (χ1) is 8.10. The van der Waals surface area contributed by atoms with E-state index in [4.69, 9.17) is 17.3 Å². The molecule has 0 saturated heterocycles. The molecule has 17 heavy (non-hydrogen) atoms. The second-order valence-electron chi connectivity index (χ2n) is 4.13. The van der Waals surface area contributed by atoms with Gasteiger partial charge in [0.05, 0.1) is 10.4 Å². The maximum atomic E-state index is 6.25. The zero-order valence-corrected chi connectivity index (χ0v) is 13.0. The van der Waals surface area contributed by atoms with Crippen LogP contribution in [-0.4, -0.2) is 36.5 Å². The van der Waals surface area contributed by atoms with Gasteiger partial charge in [0, 0.05) is 23.2 Å². The fraction of sp³-hybridized carbons (Fsp3) is 0.667. The molecule has 2 unspecified atom stereocenters. The molecule has 0 radical (unpaired) electrons. The summed E-state index contributed by atoms with van der Waals surface area (Å²) in [6.07, 6.45) is 3.11. The van der Waals surface area contributed by atoms with Crippen LogP contribution in [-0.2, 0) is 0 Å². The number of hydrogen-bond acceptors (Lipinski definition) is 4. The van der Waals surface area contributed by atoms with E-state index >= 15 is 0 Å². The van der Waals surface area contributed by atoms with Crippen LogP contribution >= 0.6 is 34.7 Å². The van der Waals surface area contributed by atoms with Gasteiger partial charge in [0.1, 0.15) is 0 Å². The van der Waals surface area contributed by atoms with Crippen molar-refractivity contribution in [2.45, 2.75) is 25.4 Å². The third kappa shape index (κ3) is 4.45. The van der Waals surface area contributed by atoms with Gasteiger partial charge in [-0.05, 0) is 31.9 Å². The Labute approximate surface area is 118 Å². The highest BCUT2D eigenvalue weighted by Gasteiger charge is 2.24. The minimum Gasteiger partial charge on any atom is -0.326 e. The molecule has 1 aromatic heterocycles. The molecule has 2 N–H and O–H groups in total. The molecule has 0 fully saturated rings. The zero-order valence-electron chi connectivity index (χ0n) is 10.6. The highest BCUT2D eigenvalue weighted by atomic mass is 35.5. The van der Waals surface area contributed by atoms with Gasteiger partial charge in [0.25, 0.3) is 0 Å². The Morgan fingerprint density at radius 3 is 2.71 bits per heavy atom. The van der Waals surface area contributed by atoms with Crippen LogP contribution in [0, 0.1) is 0 Å². The lowest BCUT2D eigenvalue weighted by molar-refractivity contribution is 0.225. The van der Waals surface area contributed by atoms with Crippen molar-refractivity contribution in [3.8, 4) is 0 Å². The van der Waals surface area contributed by atoms with Gasteiger partial charge in [-0.15, -0.1) is 11.3 Å². The zero-order chi connectivity index (χ0) is 12.8. The van der Waals surface area contributed by atoms with Gasteiger partial charge in [-0.1, -0.05) is 18.5 Å². The van der Waals surface area contributed by atoms with Crippen molar-refractivity contribution in [3.05, 3.63) is 21.3 Å². The fourth-order valence-corrected chi connectivity index (χ4v) is 3.61. The van der Waals surface area contributed by atoms with Crippen LogP contribution in [0.3, 0.4) is 0 Å². The largest absolute Gasteiger partial charge is 0.326 e. The van der Waals surface area contributed by atoms with E-state index in [2.05, 4.69) is 31.2 Å². The molecule has 5 heteroatoms. The Balaban J connectivity index is 2.80. The fourth-order valence-electron chi connectivity index (χ4n) is 1.84. The summed E-state index contributed by atoms with van der Waals surface area (Å²) in [5.41, 5.74) is 6.25. The summed E-state index contributed by atoms with van der Waals surface area (Å²) < 4.78 is 0.839. The van der Waals surface area contributed by atoms with Crippen LogP contribution in [0.2, 0.25) is 4.34 Å². The van der Waals surface area contributed by atoms with E-state index in [9.17, 15) is 0 Å². The molecule has 1 rings (SSSR count). The van der Waals surface area contributed by atoms with E-state index in [0.717, 1.165) is 23.1 Å². The number of thiophene rings is 1. The van der Waals surface area contributed by atoms with Gasteiger partial charge in [-0.25, -0.2) is 0 Å². The van der Waals surface area contributed by atoms with Crippen LogP contribution in [0.4, 0.5) is 0 Å². The Bertz CT molecular complexity index is 330. The normalized spacial score (nSPS) is 15.2. The van der Waals surface area contributed by atoms with Crippen LogP contribution in [0.1, 0.15) is 24.3 Å². The Morgan fingerprint density at radius 1 is 1.53 bits per heavy atom. The van der Waals surface area contributed by atoms with Crippen molar-refractivity contribution in [2.75, 3.05) is 25.6 Å². The highest BCUT2D eigenvalue weighted by molar-refractivity contribution is 7.98. The number of thioether (sulfide) groups is 1. The second kappa shape index (κ2) is 7.64. The minimum atomic E-state index is 0.163. The first-order valence-corrected chi connectivity index (χ1v) is 8.39. The van der Waals surface area contributed by atoms with E-state index in [1.54, 1.807) is 11.3 Å². The van der Waals surface area contributed by atoms with Gasteiger partial charge in [0.2, 0.25) is 0 Å². The maximum absolute atomic E-state index is 6.25. The second-order valence-corrected chi connectivity index (χ2v) is 6.86. The molecule has 1 aromatic rings. The molecule has 2 atom stereocenters. The molecule has 98 valence electrons. The lowest BCUT2D eigenvalue weighted by Gasteiger charge is -2.31. The number of nitrogens with two attached hydrogens (primary N) is 1.